The molecule has 0 spiro atoms. The van der Waals surface area contributed by atoms with Gasteiger partial charge in [0.05, 0.1) is 0 Å². The smallest absolute Gasteiger partial charge is 0.244 e. The Morgan fingerprint density at radius 1 is 1.45 bits per heavy atom. The Bertz CT molecular complexity index is 715. The lowest BCUT2D eigenvalue weighted by atomic mass is 10.4. The van der Waals surface area contributed by atoms with Crippen molar-refractivity contribution in [1.82, 2.24) is 9.71 Å². The zero-order chi connectivity index (χ0) is 14.8. The first-order valence-corrected chi connectivity index (χ1v) is 8.69. The summed E-state index contributed by atoms with van der Waals surface area (Å²) in [5, 5.41) is 0. The zero-order valence-corrected chi connectivity index (χ0v) is 13.8. The third kappa shape index (κ3) is 3.55. The largest absolute Gasteiger partial charge is 0.307 e. The zero-order valence-electron chi connectivity index (χ0n) is 10.6. The monoisotopic (exact) mass is 376 g/mol. The molecular weight excluding hydrogens is 364 g/mol. The van der Waals surface area contributed by atoms with Gasteiger partial charge in [-0.05, 0) is 41.1 Å². The van der Waals surface area contributed by atoms with Crippen LogP contribution in [0.1, 0.15) is 9.75 Å². The summed E-state index contributed by atoms with van der Waals surface area (Å²) in [6.45, 7) is 2.20. The van der Waals surface area contributed by atoms with E-state index in [0.717, 1.165) is 9.75 Å². The summed E-state index contributed by atoms with van der Waals surface area (Å²) in [6, 6.07) is 5.29. The Kier molecular flexibility index (Phi) is 4.76. The molecule has 0 unspecified atom stereocenters. The van der Waals surface area contributed by atoms with Crippen LogP contribution in [0.2, 0.25) is 0 Å². The highest BCUT2D eigenvalue weighted by atomic mass is 79.9. The van der Waals surface area contributed by atoms with E-state index in [2.05, 4.69) is 31.1 Å². The van der Waals surface area contributed by atoms with Gasteiger partial charge < -0.3 is 5.43 Å². The van der Waals surface area contributed by atoms with Gasteiger partial charge in [-0.1, -0.05) is 0 Å². The first-order chi connectivity index (χ1) is 9.42. The number of nitrogen functional groups attached to an aromatic ring is 1. The third-order valence-corrected chi connectivity index (χ3v) is 5.33. The van der Waals surface area contributed by atoms with E-state index in [1.165, 1.54) is 12.3 Å². The maximum atomic E-state index is 12.3. The summed E-state index contributed by atoms with van der Waals surface area (Å²) >= 11 is 4.74. The van der Waals surface area contributed by atoms with Crippen molar-refractivity contribution in [3.05, 3.63) is 38.6 Å². The van der Waals surface area contributed by atoms with Crippen molar-refractivity contribution in [2.24, 2.45) is 5.84 Å². The number of nitrogens with zero attached hydrogens (tertiary/aromatic N) is 1. The molecule has 2 aromatic rings. The predicted molar refractivity (Wildman–Crippen MR) is 82.8 cm³/mol. The van der Waals surface area contributed by atoms with Gasteiger partial charge >= 0.3 is 0 Å². The van der Waals surface area contributed by atoms with Crippen molar-refractivity contribution in [1.29, 1.82) is 0 Å². The van der Waals surface area contributed by atoms with Crippen LogP contribution in [-0.4, -0.2) is 13.4 Å². The van der Waals surface area contributed by atoms with E-state index in [0.29, 0.717) is 4.47 Å². The molecule has 9 heteroatoms. The molecule has 0 atom stereocenters. The van der Waals surface area contributed by atoms with Crippen molar-refractivity contribution < 1.29 is 8.42 Å². The number of sulfonamides is 1. The Hall–Kier alpha value is -1.00. The molecule has 0 saturated heterocycles. The molecule has 108 valence electrons. The van der Waals surface area contributed by atoms with Gasteiger partial charge in [0.1, 0.15) is 4.90 Å². The molecule has 6 nitrogen and oxygen atoms in total. The number of hydrazine groups is 1. The normalized spacial score (nSPS) is 11.6. The van der Waals surface area contributed by atoms with Crippen LogP contribution in [0, 0.1) is 6.92 Å². The van der Waals surface area contributed by atoms with Crippen molar-refractivity contribution in [2.45, 2.75) is 18.4 Å². The van der Waals surface area contributed by atoms with E-state index in [1.54, 1.807) is 11.3 Å². The highest BCUT2D eigenvalue weighted by Crippen LogP contribution is 2.23. The number of thiophene rings is 1. The minimum Gasteiger partial charge on any atom is -0.307 e. The lowest BCUT2D eigenvalue weighted by molar-refractivity contribution is 0.581. The Balaban J connectivity index is 2.24. The third-order valence-electron chi connectivity index (χ3n) is 2.48. The molecule has 2 aromatic heterocycles. The second-order valence-electron chi connectivity index (χ2n) is 3.98. The Morgan fingerprint density at radius 3 is 2.80 bits per heavy atom. The number of anilines is 1. The lowest BCUT2D eigenvalue weighted by Gasteiger charge is -2.10. The van der Waals surface area contributed by atoms with E-state index < -0.39 is 10.0 Å². The topological polar surface area (TPSA) is 97.1 Å². The summed E-state index contributed by atoms with van der Waals surface area (Å²) in [5.74, 6) is 5.39. The van der Waals surface area contributed by atoms with Crippen LogP contribution < -0.4 is 16.0 Å². The van der Waals surface area contributed by atoms with Crippen LogP contribution >= 0.6 is 27.3 Å². The van der Waals surface area contributed by atoms with Gasteiger partial charge in [-0.25, -0.2) is 24.0 Å². The molecule has 0 fully saturated rings. The second-order valence-corrected chi connectivity index (χ2v) is 8.01. The number of rotatable bonds is 5. The van der Waals surface area contributed by atoms with Gasteiger partial charge in [0.2, 0.25) is 10.0 Å². The number of hydrogen-bond acceptors (Lipinski definition) is 6. The maximum Gasteiger partial charge on any atom is 0.244 e. The van der Waals surface area contributed by atoms with Crippen LogP contribution in [0.5, 0.6) is 0 Å². The number of aryl methyl sites for hydroxylation is 1. The van der Waals surface area contributed by atoms with Gasteiger partial charge in [-0.15, -0.1) is 11.3 Å². The van der Waals surface area contributed by atoms with E-state index in [4.69, 9.17) is 5.84 Å². The predicted octanol–water partition coefficient (Wildman–Crippen LogP) is 1.98. The fourth-order valence-corrected chi connectivity index (χ4v) is 4.11. The Morgan fingerprint density at radius 2 is 2.20 bits per heavy atom. The molecule has 0 aromatic carbocycles. The fraction of sp³-hybridized carbons (Fsp3) is 0.182. The number of aromatic nitrogens is 1. The first kappa shape index (κ1) is 15.4. The molecule has 0 aliphatic heterocycles. The maximum absolute atomic E-state index is 12.3. The highest BCUT2D eigenvalue weighted by Gasteiger charge is 2.20. The second kappa shape index (κ2) is 6.19. The molecule has 0 amide bonds. The molecular formula is C11H13BrN4O2S2. The van der Waals surface area contributed by atoms with E-state index in [9.17, 15) is 8.42 Å². The highest BCUT2D eigenvalue weighted by molar-refractivity contribution is 9.10. The molecule has 0 radical (unpaired) electrons. The number of pyridine rings is 1. The van der Waals surface area contributed by atoms with Crippen LogP contribution in [-0.2, 0) is 16.6 Å². The van der Waals surface area contributed by atoms with Crippen LogP contribution in [0.25, 0.3) is 0 Å². The van der Waals surface area contributed by atoms with E-state index >= 15 is 0 Å². The quantitative estimate of drug-likeness (QED) is 0.547. The average Bonchev–Trinajstić information content (AvgIpc) is 2.82. The summed E-state index contributed by atoms with van der Waals surface area (Å²) < 4.78 is 27.7. The van der Waals surface area contributed by atoms with Gasteiger partial charge in [-0.2, -0.15) is 0 Å². The fourth-order valence-electron chi connectivity index (χ4n) is 1.56. The van der Waals surface area contributed by atoms with Crippen molar-refractivity contribution in [2.75, 3.05) is 5.43 Å². The molecule has 4 N–H and O–H groups in total. The Labute approximate surface area is 129 Å². The summed E-state index contributed by atoms with van der Waals surface area (Å²) in [6.07, 6.45) is 1.47. The summed E-state index contributed by atoms with van der Waals surface area (Å²) in [7, 11) is -3.69. The molecule has 0 saturated carbocycles. The number of halogens is 1. The minimum absolute atomic E-state index is 0.00246. The van der Waals surface area contributed by atoms with Crippen molar-refractivity contribution >= 4 is 43.1 Å². The van der Waals surface area contributed by atoms with Crippen molar-refractivity contribution in [3.8, 4) is 0 Å². The van der Waals surface area contributed by atoms with Gasteiger partial charge in [0.25, 0.3) is 0 Å². The van der Waals surface area contributed by atoms with E-state index in [1.807, 2.05) is 19.1 Å². The van der Waals surface area contributed by atoms with Crippen LogP contribution in [0.15, 0.2) is 33.8 Å². The lowest BCUT2D eigenvalue weighted by Crippen LogP contribution is -2.25. The van der Waals surface area contributed by atoms with Gasteiger partial charge in [0.15, 0.2) is 5.82 Å². The van der Waals surface area contributed by atoms with Gasteiger partial charge in [0, 0.05) is 27.0 Å². The SMILES string of the molecule is Cc1ccc(CNS(=O)(=O)c2cc(Br)cnc2NN)s1. The van der Waals surface area contributed by atoms with E-state index in [-0.39, 0.29) is 17.3 Å². The van der Waals surface area contributed by atoms with Crippen LogP contribution in [0.3, 0.4) is 0 Å². The number of nitrogens with one attached hydrogen (secondary N) is 2. The van der Waals surface area contributed by atoms with Gasteiger partial charge in [-0.3, -0.25) is 0 Å². The molecule has 20 heavy (non-hydrogen) atoms. The molecule has 0 aliphatic rings. The standard InChI is InChI=1S/C11H13BrN4O2S2/c1-7-2-3-9(19-7)6-15-20(17,18)10-4-8(12)5-14-11(10)16-13/h2-5,15H,6,13H2,1H3,(H,14,16). The van der Waals surface area contributed by atoms with Crippen molar-refractivity contribution in [3.63, 3.8) is 0 Å². The summed E-state index contributed by atoms with van der Waals surface area (Å²) in [4.78, 5) is 6.00. The number of hydrogen-bond donors (Lipinski definition) is 3. The molecule has 0 bridgehead atoms. The number of nitrogens with two attached hydrogens (primary N) is 1. The average molecular weight is 377 g/mol. The van der Waals surface area contributed by atoms with Crippen LogP contribution in [0.4, 0.5) is 5.82 Å². The minimum atomic E-state index is -3.69. The summed E-state index contributed by atoms with van der Waals surface area (Å²) in [5.41, 5.74) is 2.28. The molecule has 2 rings (SSSR count). The first-order valence-electron chi connectivity index (χ1n) is 5.59. The molecule has 0 aliphatic carbocycles. The molecule has 2 heterocycles.